The molecular formula is C24H26F2N4O4. The topological polar surface area (TPSA) is 104 Å². The van der Waals surface area contributed by atoms with Gasteiger partial charge in [-0.25, -0.2) is 23.4 Å². The number of halogens is 2. The second kappa shape index (κ2) is 11.9. The summed E-state index contributed by atoms with van der Waals surface area (Å²) in [5.74, 6) is -1.64. The second-order valence-electron chi connectivity index (χ2n) is 7.64. The molecule has 0 aliphatic heterocycles. The number of aliphatic hydroxyl groups is 1. The van der Waals surface area contributed by atoms with Crippen LogP contribution in [0.3, 0.4) is 0 Å². The lowest BCUT2D eigenvalue weighted by Crippen LogP contribution is -2.43. The van der Waals surface area contributed by atoms with Crippen molar-refractivity contribution in [2.24, 2.45) is 0 Å². The van der Waals surface area contributed by atoms with Gasteiger partial charge < -0.3 is 20.1 Å². The van der Waals surface area contributed by atoms with E-state index < -0.39 is 30.0 Å². The third kappa shape index (κ3) is 6.85. The van der Waals surface area contributed by atoms with Gasteiger partial charge in [0.2, 0.25) is 0 Å². The fourth-order valence-electron chi connectivity index (χ4n) is 3.20. The molecule has 3 amide bonds. The fraction of sp³-hybridized carbons (Fsp3) is 0.292. The van der Waals surface area contributed by atoms with Gasteiger partial charge in [0.05, 0.1) is 6.61 Å². The summed E-state index contributed by atoms with van der Waals surface area (Å²) in [5, 5.41) is 17.1. The summed E-state index contributed by atoms with van der Waals surface area (Å²) in [6.45, 7) is -0.0879. The normalized spacial score (nSPS) is 11.6. The van der Waals surface area contributed by atoms with Gasteiger partial charge in [-0.05, 0) is 36.8 Å². The van der Waals surface area contributed by atoms with Gasteiger partial charge in [-0.15, -0.1) is 0 Å². The molecular weight excluding hydrogens is 446 g/mol. The number of pyridine rings is 1. The Morgan fingerprint density at radius 3 is 2.68 bits per heavy atom. The molecule has 34 heavy (non-hydrogen) atoms. The zero-order chi connectivity index (χ0) is 24.5. The number of rotatable bonds is 9. The standard InChI is InChI=1S/C24H26F2N4O4/c1-30(23(32)28-15-18-9-6-10-19(25)22(18)26)21(31)11-4-5-12-34-24(33)29-20-13-16-7-2-3-8-17(16)14-27-20/h2-3,6-10,13-14,21,31H,4-5,11-12,15H2,1H3,(H,28,32)(H,27,29,33). The van der Waals surface area contributed by atoms with Crippen LogP contribution < -0.4 is 10.6 Å². The maximum Gasteiger partial charge on any atom is 0.412 e. The first-order valence-electron chi connectivity index (χ1n) is 10.8. The van der Waals surface area contributed by atoms with E-state index in [-0.39, 0.29) is 25.1 Å². The minimum Gasteiger partial charge on any atom is -0.449 e. The van der Waals surface area contributed by atoms with E-state index in [2.05, 4.69) is 15.6 Å². The van der Waals surface area contributed by atoms with Crippen LogP contribution >= 0.6 is 0 Å². The van der Waals surface area contributed by atoms with Crippen molar-refractivity contribution >= 4 is 28.7 Å². The van der Waals surface area contributed by atoms with E-state index in [0.29, 0.717) is 18.7 Å². The molecule has 0 aliphatic carbocycles. The lowest BCUT2D eigenvalue weighted by atomic mass is 10.2. The number of amides is 3. The number of anilines is 1. The van der Waals surface area contributed by atoms with E-state index in [0.717, 1.165) is 21.7 Å². The molecule has 0 bridgehead atoms. The molecule has 3 rings (SSSR count). The van der Waals surface area contributed by atoms with E-state index in [4.69, 9.17) is 4.74 Å². The van der Waals surface area contributed by atoms with E-state index in [1.54, 1.807) is 12.3 Å². The number of nitrogens with zero attached hydrogens (tertiary/aromatic N) is 2. The zero-order valence-corrected chi connectivity index (χ0v) is 18.6. The molecule has 3 aromatic rings. The van der Waals surface area contributed by atoms with Crippen molar-refractivity contribution in [3.63, 3.8) is 0 Å². The highest BCUT2D eigenvalue weighted by Gasteiger charge is 2.18. The Bertz CT molecular complexity index is 1140. The number of ether oxygens (including phenoxy) is 1. The number of fused-ring (bicyclic) bond motifs is 1. The third-order valence-electron chi connectivity index (χ3n) is 5.18. The molecule has 0 spiro atoms. The lowest BCUT2D eigenvalue weighted by Gasteiger charge is -2.24. The zero-order valence-electron chi connectivity index (χ0n) is 18.6. The van der Waals surface area contributed by atoms with Crippen LogP contribution in [0.15, 0.2) is 54.7 Å². The second-order valence-corrected chi connectivity index (χ2v) is 7.64. The number of carbonyl (C=O) groups excluding carboxylic acids is 2. The highest BCUT2D eigenvalue weighted by atomic mass is 19.2. The van der Waals surface area contributed by atoms with Crippen molar-refractivity contribution in [2.45, 2.75) is 32.0 Å². The van der Waals surface area contributed by atoms with E-state index in [1.807, 2.05) is 24.3 Å². The summed E-state index contributed by atoms with van der Waals surface area (Å²) in [7, 11) is 1.39. The van der Waals surface area contributed by atoms with Gasteiger partial charge in [0, 0.05) is 30.7 Å². The van der Waals surface area contributed by atoms with Crippen LogP contribution in [0.1, 0.15) is 24.8 Å². The molecule has 0 saturated carbocycles. The van der Waals surface area contributed by atoms with Crippen LogP contribution in [-0.4, -0.2) is 47.0 Å². The number of nitrogens with one attached hydrogen (secondary N) is 2. The number of aromatic nitrogens is 1. The minimum atomic E-state index is -1.09. The van der Waals surface area contributed by atoms with Crippen LogP contribution in [0.25, 0.3) is 10.8 Å². The molecule has 1 unspecified atom stereocenters. The van der Waals surface area contributed by atoms with Crippen LogP contribution in [0.4, 0.5) is 24.2 Å². The summed E-state index contributed by atoms with van der Waals surface area (Å²) in [4.78, 5) is 29.3. The molecule has 1 atom stereocenters. The Morgan fingerprint density at radius 1 is 1.12 bits per heavy atom. The molecule has 3 N–H and O–H groups in total. The summed E-state index contributed by atoms with van der Waals surface area (Å²) < 4.78 is 32.0. The number of unbranched alkanes of at least 4 members (excludes halogenated alkanes) is 1. The van der Waals surface area contributed by atoms with Crippen molar-refractivity contribution in [3.8, 4) is 0 Å². The monoisotopic (exact) mass is 472 g/mol. The average Bonchev–Trinajstić information content (AvgIpc) is 2.83. The number of urea groups is 1. The lowest BCUT2D eigenvalue weighted by molar-refractivity contribution is 0.0368. The maximum absolute atomic E-state index is 13.7. The molecule has 0 fully saturated rings. The average molecular weight is 472 g/mol. The largest absolute Gasteiger partial charge is 0.449 e. The Kier molecular flexibility index (Phi) is 8.69. The van der Waals surface area contributed by atoms with Gasteiger partial charge in [-0.3, -0.25) is 5.32 Å². The fourth-order valence-corrected chi connectivity index (χ4v) is 3.20. The molecule has 180 valence electrons. The first kappa shape index (κ1) is 24.8. The van der Waals surface area contributed by atoms with Crippen LogP contribution in [0, 0.1) is 11.6 Å². The van der Waals surface area contributed by atoms with Gasteiger partial charge in [-0.2, -0.15) is 0 Å². The number of hydrogen-bond donors (Lipinski definition) is 3. The molecule has 0 aliphatic rings. The van der Waals surface area contributed by atoms with Crippen molar-refractivity contribution in [1.82, 2.24) is 15.2 Å². The van der Waals surface area contributed by atoms with Gasteiger partial charge in [0.1, 0.15) is 12.0 Å². The number of aliphatic hydroxyl groups excluding tert-OH is 1. The molecule has 0 saturated heterocycles. The molecule has 10 heteroatoms. The third-order valence-corrected chi connectivity index (χ3v) is 5.18. The van der Waals surface area contributed by atoms with Gasteiger partial charge >= 0.3 is 12.1 Å². The van der Waals surface area contributed by atoms with Crippen LogP contribution in [0.2, 0.25) is 0 Å². The number of carbonyl (C=O) groups is 2. The summed E-state index contributed by atoms with van der Waals surface area (Å²) in [6, 6.07) is 12.4. The maximum atomic E-state index is 13.7. The minimum absolute atomic E-state index is 0.00514. The van der Waals surface area contributed by atoms with Gasteiger partial charge in [0.25, 0.3) is 0 Å². The smallest absolute Gasteiger partial charge is 0.412 e. The quantitative estimate of drug-likeness (QED) is 0.317. The van der Waals surface area contributed by atoms with E-state index in [1.165, 1.54) is 19.2 Å². The predicted octanol–water partition coefficient (Wildman–Crippen LogP) is 4.39. The van der Waals surface area contributed by atoms with E-state index >= 15 is 0 Å². The summed E-state index contributed by atoms with van der Waals surface area (Å²) in [6.07, 6.45) is 1.14. The SMILES string of the molecule is CN(C(=O)NCc1cccc(F)c1F)C(O)CCCCOC(=O)Nc1cc2ccccc2cn1. The van der Waals surface area contributed by atoms with Gasteiger partial charge in [0.15, 0.2) is 11.6 Å². The van der Waals surface area contributed by atoms with Crippen molar-refractivity contribution in [2.75, 3.05) is 19.0 Å². The number of hydrogen-bond acceptors (Lipinski definition) is 5. The van der Waals surface area contributed by atoms with Crippen LogP contribution in [0.5, 0.6) is 0 Å². The molecule has 0 radical (unpaired) electrons. The van der Waals surface area contributed by atoms with Crippen molar-refractivity contribution in [1.29, 1.82) is 0 Å². The Balaban J connectivity index is 1.33. The summed E-state index contributed by atoms with van der Waals surface area (Å²) in [5.41, 5.74) is 0.00514. The highest BCUT2D eigenvalue weighted by molar-refractivity contribution is 5.89. The Hall–Kier alpha value is -3.79. The number of benzene rings is 2. The Labute approximate surface area is 195 Å². The predicted molar refractivity (Wildman–Crippen MR) is 123 cm³/mol. The summed E-state index contributed by atoms with van der Waals surface area (Å²) >= 11 is 0. The first-order chi connectivity index (χ1) is 16.3. The van der Waals surface area contributed by atoms with Crippen molar-refractivity contribution < 1.29 is 28.2 Å². The van der Waals surface area contributed by atoms with Crippen LogP contribution in [-0.2, 0) is 11.3 Å². The molecule has 2 aromatic carbocycles. The molecule has 8 nitrogen and oxygen atoms in total. The Morgan fingerprint density at radius 2 is 1.88 bits per heavy atom. The van der Waals surface area contributed by atoms with Gasteiger partial charge in [-0.1, -0.05) is 36.4 Å². The first-order valence-corrected chi connectivity index (χ1v) is 10.8. The molecule has 1 aromatic heterocycles. The highest BCUT2D eigenvalue weighted by Crippen LogP contribution is 2.16. The van der Waals surface area contributed by atoms with E-state index in [9.17, 15) is 23.5 Å². The molecule has 1 heterocycles. The van der Waals surface area contributed by atoms with Crippen molar-refractivity contribution in [3.05, 3.63) is 71.9 Å².